The van der Waals surface area contributed by atoms with Crippen LogP contribution in [-0.4, -0.2) is 18.8 Å². The number of carbonyl (C=O) groups is 1. The summed E-state index contributed by atoms with van der Waals surface area (Å²) in [5.74, 6) is -1.25. The molecule has 0 radical (unpaired) electrons. The van der Waals surface area contributed by atoms with E-state index in [-0.39, 0.29) is 36.4 Å². The molecule has 31 heavy (non-hydrogen) atoms. The van der Waals surface area contributed by atoms with Gasteiger partial charge >= 0.3 is 6.18 Å². The summed E-state index contributed by atoms with van der Waals surface area (Å²) in [5.41, 5.74) is 5.25. The molecule has 1 unspecified atom stereocenters. The Morgan fingerprint density at radius 3 is 2.29 bits per heavy atom. The Morgan fingerprint density at radius 2 is 1.68 bits per heavy atom. The zero-order valence-corrected chi connectivity index (χ0v) is 16.5. The molecule has 170 valence electrons. The van der Waals surface area contributed by atoms with Crippen molar-refractivity contribution < 1.29 is 31.1 Å². The average molecular weight is 447 g/mol. The smallest absolute Gasteiger partial charge is 0.395 e. The topological polar surface area (TPSA) is 67.1 Å². The number of rotatable bonds is 10. The largest absolute Gasteiger partial charge is 0.416 e. The fraction of sp³-hybridized carbons (Fsp3) is 0.381. The highest BCUT2D eigenvalue weighted by molar-refractivity contribution is 5.94. The zero-order chi connectivity index (χ0) is 23.0. The molecular formula is C21H23F6N3O. The second kappa shape index (κ2) is 10.9. The lowest BCUT2D eigenvalue weighted by molar-refractivity contribution is -0.137. The van der Waals surface area contributed by atoms with Gasteiger partial charge in [-0.3, -0.25) is 4.79 Å². The molecule has 0 heterocycles. The van der Waals surface area contributed by atoms with Crippen molar-refractivity contribution in [2.24, 2.45) is 0 Å². The van der Waals surface area contributed by atoms with Gasteiger partial charge < -0.3 is 16.4 Å². The van der Waals surface area contributed by atoms with Crippen LogP contribution in [0.1, 0.15) is 36.8 Å². The summed E-state index contributed by atoms with van der Waals surface area (Å²) in [6.45, 7) is -0.990. The summed E-state index contributed by atoms with van der Waals surface area (Å²) in [7, 11) is 0. The lowest BCUT2D eigenvalue weighted by Gasteiger charge is -2.14. The van der Waals surface area contributed by atoms with Gasteiger partial charge in [0, 0.05) is 13.0 Å². The Morgan fingerprint density at radius 1 is 1.03 bits per heavy atom. The number of halogens is 6. The first-order chi connectivity index (χ1) is 14.6. The predicted octanol–water partition coefficient (Wildman–Crippen LogP) is 5.85. The molecule has 4 nitrogen and oxygen atoms in total. The SMILES string of the molecule is Nc1c(NC(=O)CCCCC(F)CF)ccc(NCc2ccc(C(F)(F)F)cc2)c1F. The molecule has 10 heteroatoms. The predicted molar refractivity (Wildman–Crippen MR) is 108 cm³/mol. The Bertz CT molecular complexity index is 871. The van der Waals surface area contributed by atoms with E-state index in [2.05, 4.69) is 10.6 Å². The summed E-state index contributed by atoms with van der Waals surface area (Å²) in [6.07, 6.45) is -5.20. The number of carbonyl (C=O) groups excluding carboxylic acids is 1. The van der Waals surface area contributed by atoms with Crippen molar-refractivity contribution in [2.45, 2.75) is 44.6 Å². The van der Waals surface area contributed by atoms with Crippen molar-refractivity contribution in [3.8, 4) is 0 Å². The van der Waals surface area contributed by atoms with Crippen LogP contribution in [0.2, 0.25) is 0 Å². The van der Waals surface area contributed by atoms with Gasteiger partial charge in [0.2, 0.25) is 5.91 Å². The Balaban J connectivity index is 1.90. The van der Waals surface area contributed by atoms with Gasteiger partial charge in [0.05, 0.1) is 22.6 Å². The molecule has 1 atom stereocenters. The van der Waals surface area contributed by atoms with E-state index >= 15 is 0 Å². The van der Waals surface area contributed by atoms with Crippen LogP contribution in [0.4, 0.5) is 43.4 Å². The third-order valence-electron chi connectivity index (χ3n) is 4.56. The van der Waals surface area contributed by atoms with Gasteiger partial charge in [-0.15, -0.1) is 0 Å². The molecule has 0 aliphatic rings. The van der Waals surface area contributed by atoms with E-state index < -0.39 is 36.3 Å². The Kier molecular flexibility index (Phi) is 8.58. The highest BCUT2D eigenvalue weighted by Gasteiger charge is 2.29. The zero-order valence-electron chi connectivity index (χ0n) is 16.5. The van der Waals surface area contributed by atoms with Crippen LogP contribution in [-0.2, 0) is 17.5 Å². The van der Waals surface area contributed by atoms with Crippen LogP contribution in [0.5, 0.6) is 0 Å². The first-order valence-electron chi connectivity index (χ1n) is 9.59. The monoisotopic (exact) mass is 447 g/mol. The number of amides is 1. The molecule has 4 N–H and O–H groups in total. The van der Waals surface area contributed by atoms with E-state index in [1.807, 2.05) is 0 Å². The molecular weight excluding hydrogens is 424 g/mol. The van der Waals surface area contributed by atoms with Gasteiger partial charge in [-0.2, -0.15) is 13.2 Å². The number of nitrogen functional groups attached to an aromatic ring is 1. The van der Waals surface area contributed by atoms with Crippen LogP contribution in [0.15, 0.2) is 36.4 Å². The number of anilines is 3. The number of alkyl halides is 5. The van der Waals surface area contributed by atoms with Crippen LogP contribution in [0.3, 0.4) is 0 Å². The first-order valence-corrected chi connectivity index (χ1v) is 9.59. The Labute approximate surface area is 175 Å². The minimum Gasteiger partial charge on any atom is -0.395 e. The van der Waals surface area contributed by atoms with Crippen molar-refractivity contribution in [1.82, 2.24) is 0 Å². The highest BCUT2D eigenvalue weighted by atomic mass is 19.4. The van der Waals surface area contributed by atoms with E-state index in [1.54, 1.807) is 0 Å². The molecule has 0 aliphatic heterocycles. The maximum absolute atomic E-state index is 14.5. The molecule has 2 aromatic carbocycles. The molecule has 0 aromatic heterocycles. The first kappa shape index (κ1) is 24.4. The number of unbranched alkanes of at least 4 members (excludes halogenated alkanes) is 1. The van der Waals surface area contributed by atoms with Gasteiger partial charge in [-0.25, -0.2) is 13.2 Å². The molecule has 2 aromatic rings. The second-order valence-corrected chi connectivity index (χ2v) is 6.98. The normalized spacial score (nSPS) is 12.5. The highest BCUT2D eigenvalue weighted by Crippen LogP contribution is 2.30. The maximum Gasteiger partial charge on any atom is 0.416 e. The van der Waals surface area contributed by atoms with E-state index in [0.717, 1.165) is 12.1 Å². The quantitative estimate of drug-likeness (QED) is 0.243. The molecule has 0 spiro atoms. The molecule has 0 bridgehead atoms. The third-order valence-corrected chi connectivity index (χ3v) is 4.56. The number of hydrogen-bond donors (Lipinski definition) is 3. The van der Waals surface area contributed by atoms with Crippen molar-refractivity contribution in [1.29, 1.82) is 0 Å². The summed E-state index contributed by atoms with van der Waals surface area (Å²) in [6, 6.07) is 7.18. The summed E-state index contributed by atoms with van der Waals surface area (Å²) in [5, 5.41) is 5.22. The molecule has 1 amide bonds. The van der Waals surface area contributed by atoms with E-state index in [1.165, 1.54) is 24.3 Å². The van der Waals surface area contributed by atoms with Gasteiger partial charge in [-0.05, 0) is 49.1 Å². The lowest BCUT2D eigenvalue weighted by Crippen LogP contribution is -2.14. The van der Waals surface area contributed by atoms with E-state index in [4.69, 9.17) is 5.73 Å². The summed E-state index contributed by atoms with van der Waals surface area (Å²) in [4.78, 5) is 11.9. The number of benzene rings is 2. The van der Waals surface area contributed by atoms with Crippen LogP contribution >= 0.6 is 0 Å². The molecule has 0 saturated carbocycles. The van der Waals surface area contributed by atoms with Crippen molar-refractivity contribution in [3.05, 3.63) is 53.3 Å². The van der Waals surface area contributed by atoms with Gasteiger partial charge in [-0.1, -0.05) is 12.1 Å². The van der Waals surface area contributed by atoms with E-state index in [9.17, 15) is 31.1 Å². The molecule has 0 fully saturated rings. The van der Waals surface area contributed by atoms with E-state index in [0.29, 0.717) is 18.4 Å². The average Bonchev–Trinajstić information content (AvgIpc) is 2.73. The fourth-order valence-electron chi connectivity index (χ4n) is 2.79. The number of hydrogen-bond acceptors (Lipinski definition) is 3. The van der Waals surface area contributed by atoms with Crippen LogP contribution in [0.25, 0.3) is 0 Å². The standard InChI is InChI=1S/C21H23F6N3O/c22-11-15(23)3-1-2-4-18(31)30-17-10-9-16(19(24)20(17)28)29-12-13-5-7-14(8-6-13)21(25,26)27/h5-10,15,29H,1-4,11-12,28H2,(H,30,31). The number of nitrogens with one attached hydrogen (secondary N) is 2. The van der Waals surface area contributed by atoms with Crippen molar-refractivity contribution in [2.75, 3.05) is 23.0 Å². The summed E-state index contributed by atoms with van der Waals surface area (Å²) < 4.78 is 77.1. The molecule has 2 rings (SSSR count). The van der Waals surface area contributed by atoms with Crippen molar-refractivity contribution >= 4 is 23.0 Å². The number of nitrogens with two attached hydrogens (primary N) is 1. The van der Waals surface area contributed by atoms with Crippen molar-refractivity contribution in [3.63, 3.8) is 0 Å². The Hall–Kier alpha value is -2.91. The van der Waals surface area contributed by atoms with Gasteiger partial charge in [0.25, 0.3) is 0 Å². The third kappa shape index (κ3) is 7.37. The van der Waals surface area contributed by atoms with Gasteiger partial charge in [0.1, 0.15) is 12.8 Å². The lowest BCUT2D eigenvalue weighted by atomic mass is 10.1. The fourth-order valence-corrected chi connectivity index (χ4v) is 2.79. The second-order valence-electron chi connectivity index (χ2n) is 6.98. The molecule has 0 saturated heterocycles. The van der Waals surface area contributed by atoms with Gasteiger partial charge in [0.15, 0.2) is 5.82 Å². The maximum atomic E-state index is 14.5. The summed E-state index contributed by atoms with van der Waals surface area (Å²) >= 11 is 0. The van der Waals surface area contributed by atoms with Crippen LogP contribution in [0, 0.1) is 5.82 Å². The minimum absolute atomic E-state index is 0.0237. The molecule has 0 aliphatic carbocycles. The van der Waals surface area contributed by atoms with Crippen LogP contribution < -0.4 is 16.4 Å². The minimum atomic E-state index is -4.43.